The van der Waals surface area contributed by atoms with Crippen LogP contribution in [0.25, 0.3) is 0 Å². The number of benzene rings is 2. The predicted octanol–water partition coefficient (Wildman–Crippen LogP) is 2.00. The average Bonchev–Trinajstić information content (AvgIpc) is 2.54. The predicted molar refractivity (Wildman–Crippen MR) is 81.2 cm³/mol. The molecule has 2 rings (SSSR count). The van der Waals surface area contributed by atoms with Crippen LogP contribution in [0.15, 0.2) is 48.5 Å². The van der Waals surface area contributed by atoms with Gasteiger partial charge in [0.2, 0.25) is 0 Å². The highest BCUT2D eigenvalue weighted by Gasteiger charge is 2.15. The fraction of sp³-hybridized carbons (Fsp3) is 0.0625. The SMILES string of the molecule is CNC(=O)c1ccc(NC(=O)c2ccccc2C(=O)O)cc1. The number of rotatable bonds is 4. The van der Waals surface area contributed by atoms with Crippen molar-refractivity contribution in [3.8, 4) is 0 Å². The third kappa shape index (κ3) is 3.29. The van der Waals surface area contributed by atoms with Crippen molar-refractivity contribution < 1.29 is 19.5 Å². The van der Waals surface area contributed by atoms with E-state index in [1.54, 1.807) is 36.4 Å². The second kappa shape index (κ2) is 6.53. The summed E-state index contributed by atoms with van der Waals surface area (Å²) in [5.41, 5.74) is 0.941. The van der Waals surface area contributed by atoms with Gasteiger partial charge in [0, 0.05) is 18.3 Å². The first kappa shape index (κ1) is 15.2. The van der Waals surface area contributed by atoms with Crippen LogP contribution in [-0.2, 0) is 0 Å². The van der Waals surface area contributed by atoms with Gasteiger partial charge in [-0.05, 0) is 36.4 Å². The maximum Gasteiger partial charge on any atom is 0.336 e. The maximum atomic E-state index is 12.2. The molecule has 6 nitrogen and oxygen atoms in total. The molecule has 0 heterocycles. The number of carbonyl (C=O) groups excluding carboxylic acids is 2. The smallest absolute Gasteiger partial charge is 0.336 e. The Morgan fingerprint density at radius 3 is 2.00 bits per heavy atom. The van der Waals surface area contributed by atoms with E-state index in [9.17, 15) is 14.4 Å². The lowest BCUT2D eigenvalue weighted by Crippen LogP contribution is -2.18. The van der Waals surface area contributed by atoms with Crippen molar-refractivity contribution >= 4 is 23.5 Å². The molecule has 0 bridgehead atoms. The lowest BCUT2D eigenvalue weighted by Gasteiger charge is -2.08. The molecule has 0 aliphatic heterocycles. The molecule has 0 radical (unpaired) electrons. The Morgan fingerprint density at radius 1 is 0.864 bits per heavy atom. The third-order valence-electron chi connectivity index (χ3n) is 3.03. The molecule has 0 aliphatic carbocycles. The van der Waals surface area contributed by atoms with Gasteiger partial charge in [0.1, 0.15) is 0 Å². The summed E-state index contributed by atoms with van der Waals surface area (Å²) in [4.78, 5) is 34.7. The Bertz CT molecular complexity index is 723. The molecule has 2 aromatic rings. The van der Waals surface area contributed by atoms with Crippen molar-refractivity contribution in [1.82, 2.24) is 5.32 Å². The molecule has 0 fully saturated rings. The third-order valence-corrected chi connectivity index (χ3v) is 3.03. The highest BCUT2D eigenvalue weighted by Crippen LogP contribution is 2.14. The van der Waals surface area contributed by atoms with Gasteiger partial charge in [-0.25, -0.2) is 4.79 Å². The van der Waals surface area contributed by atoms with Crippen LogP contribution in [0, 0.1) is 0 Å². The minimum absolute atomic E-state index is 0.0676. The lowest BCUT2D eigenvalue weighted by molar-refractivity contribution is 0.0692. The van der Waals surface area contributed by atoms with Crippen molar-refractivity contribution in [3.63, 3.8) is 0 Å². The zero-order chi connectivity index (χ0) is 16.1. The number of anilines is 1. The van der Waals surface area contributed by atoms with Crippen LogP contribution in [0.5, 0.6) is 0 Å². The standard InChI is InChI=1S/C16H14N2O4/c1-17-14(19)10-6-8-11(9-7-10)18-15(20)12-4-2-3-5-13(12)16(21)22/h2-9H,1H3,(H,17,19)(H,18,20)(H,21,22). The second-order valence-corrected chi connectivity index (χ2v) is 4.46. The molecule has 112 valence electrons. The summed E-state index contributed by atoms with van der Waals surface area (Å²) in [6.45, 7) is 0. The Morgan fingerprint density at radius 2 is 1.45 bits per heavy atom. The van der Waals surface area contributed by atoms with Crippen molar-refractivity contribution in [3.05, 3.63) is 65.2 Å². The number of hydrogen-bond acceptors (Lipinski definition) is 3. The van der Waals surface area contributed by atoms with Gasteiger partial charge in [0.05, 0.1) is 11.1 Å². The van der Waals surface area contributed by atoms with E-state index in [2.05, 4.69) is 10.6 Å². The molecule has 2 amide bonds. The highest BCUT2D eigenvalue weighted by molar-refractivity contribution is 6.10. The Hall–Kier alpha value is -3.15. The summed E-state index contributed by atoms with van der Waals surface area (Å²) in [5.74, 6) is -1.92. The van der Waals surface area contributed by atoms with Crippen LogP contribution < -0.4 is 10.6 Å². The van der Waals surface area contributed by atoms with Gasteiger partial charge in [-0.15, -0.1) is 0 Å². The molecule has 6 heteroatoms. The number of carboxylic acid groups (broad SMARTS) is 1. The van der Waals surface area contributed by atoms with Crippen LogP contribution in [0.4, 0.5) is 5.69 Å². The van der Waals surface area contributed by atoms with Crippen LogP contribution in [0.1, 0.15) is 31.1 Å². The molecular formula is C16H14N2O4. The second-order valence-electron chi connectivity index (χ2n) is 4.46. The van der Waals surface area contributed by atoms with Gasteiger partial charge in [-0.2, -0.15) is 0 Å². The molecule has 22 heavy (non-hydrogen) atoms. The first-order valence-electron chi connectivity index (χ1n) is 6.48. The number of amides is 2. The van der Waals surface area contributed by atoms with E-state index >= 15 is 0 Å². The van der Waals surface area contributed by atoms with Crippen molar-refractivity contribution in [2.75, 3.05) is 12.4 Å². The van der Waals surface area contributed by atoms with Crippen LogP contribution >= 0.6 is 0 Å². The first-order chi connectivity index (χ1) is 10.5. The van der Waals surface area contributed by atoms with E-state index in [4.69, 9.17) is 5.11 Å². The van der Waals surface area contributed by atoms with Crippen LogP contribution in [0.2, 0.25) is 0 Å². The van der Waals surface area contributed by atoms with Gasteiger partial charge in [0.15, 0.2) is 0 Å². The number of hydrogen-bond donors (Lipinski definition) is 3. The average molecular weight is 298 g/mol. The molecule has 3 N–H and O–H groups in total. The summed E-state index contributed by atoms with van der Waals surface area (Å²) < 4.78 is 0. The van der Waals surface area contributed by atoms with Crippen LogP contribution in [0.3, 0.4) is 0 Å². The Kier molecular flexibility index (Phi) is 4.53. The van der Waals surface area contributed by atoms with E-state index in [1.807, 2.05) is 0 Å². The normalized spacial score (nSPS) is 9.86. The van der Waals surface area contributed by atoms with Crippen molar-refractivity contribution in [2.24, 2.45) is 0 Å². The van der Waals surface area contributed by atoms with E-state index in [-0.39, 0.29) is 17.0 Å². The van der Waals surface area contributed by atoms with E-state index in [1.165, 1.54) is 19.2 Å². The molecule has 0 aromatic heterocycles. The van der Waals surface area contributed by atoms with Crippen molar-refractivity contribution in [2.45, 2.75) is 0 Å². The van der Waals surface area contributed by atoms with Gasteiger partial charge >= 0.3 is 5.97 Å². The highest BCUT2D eigenvalue weighted by atomic mass is 16.4. The molecule has 0 atom stereocenters. The number of carboxylic acids is 1. The molecule has 0 saturated carbocycles. The Labute approximate surface area is 126 Å². The molecule has 0 aliphatic rings. The molecule has 2 aromatic carbocycles. The zero-order valence-electron chi connectivity index (χ0n) is 11.8. The van der Waals surface area contributed by atoms with Crippen LogP contribution in [-0.4, -0.2) is 29.9 Å². The monoisotopic (exact) mass is 298 g/mol. The van der Waals surface area contributed by atoms with E-state index in [0.29, 0.717) is 11.3 Å². The Balaban J connectivity index is 2.19. The minimum atomic E-state index is -1.17. The lowest BCUT2D eigenvalue weighted by atomic mass is 10.1. The van der Waals surface area contributed by atoms with E-state index in [0.717, 1.165) is 0 Å². The molecule has 0 saturated heterocycles. The van der Waals surface area contributed by atoms with Crippen molar-refractivity contribution in [1.29, 1.82) is 0 Å². The maximum absolute atomic E-state index is 12.2. The van der Waals surface area contributed by atoms with Gasteiger partial charge < -0.3 is 15.7 Å². The fourth-order valence-corrected chi connectivity index (χ4v) is 1.92. The summed E-state index contributed by atoms with van der Waals surface area (Å²) >= 11 is 0. The summed E-state index contributed by atoms with van der Waals surface area (Å²) in [5, 5.41) is 14.2. The summed E-state index contributed by atoms with van der Waals surface area (Å²) in [6.07, 6.45) is 0. The quantitative estimate of drug-likeness (QED) is 0.804. The number of aromatic carboxylic acids is 1. The topological polar surface area (TPSA) is 95.5 Å². The minimum Gasteiger partial charge on any atom is -0.478 e. The largest absolute Gasteiger partial charge is 0.478 e. The van der Waals surface area contributed by atoms with Gasteiger partial charge in [-0.3, -0.25) is 9.59 Å². The summed E-state index contributed by atoms with van der Waals surface area (Å²) in [6, 6.07) is 12.2. The molecule has 0 spiro atoms. The van der Waals surface area contributed by atoms with Gasteiger partial charge in [-0.1, -0.05) is 12.1 Å². The fourth-order valence-electron chi connectivity index (χ4n) is 1.92. The molecular weight excluding hydrogens is 284 g/mol. The number of carbonyl (C=O) groups is 3. The summed E-state index contributed by atoms with van der Waals surface area (Å²) in [7, 11) is 1.53. The molecule has 0 unspecified atom stereocenters. The van der Waals surface area contributed by atoms with E-state index < -0.39 is 11.9 Å². The zero-order valence-corrected chi connectivity index (χ0v) is 11.8. The van der Waals surface area contributed by atoms with Gasteiger partial charge in [0.25, 0.3) is 11.8 Å². The first-order valence-corrected chi connectivity index (χ1v) is 6.48. The number of nitrogens with one attached hydrogen (secondary N) is 2.